The summed E-state index contributed by atoms with van der Waals surface area (Å²) in [5.41, 5.74) is 3.11. The fraction of sp³-hybridized carbons (Fsp3) is 0.520. The van der Waals surface area contributed by atoms with E-state index in [1.54, 1.807) is 7.11 Å². The van der Waals surface area contributed by atoms with Gasteiger partial charge in [0, 0.05) is 51.4 Å². The molecule has 0 aromatic heterocycles. The fourth-order valence-electron chi connectivity index (χ4n) is 6.71. The molecule has 7 heteroatoms. The van der Waals surface area contributed by atoms with Gasteiger partial charge in [-0.25, -0.2) is 13.6 Å². The van der Waals surface area contributed by atoms with Gasteiger partial charge in [0.15, 0.2) is 0 Å². The zero-order valence-corrected chi connectivity index (χ0v) is 19.4. The van der Waals surface area contributed by atoms with Crippen LogP contribution in [0.2, 0.25) is 0 Å². The van der Waals surface area contributed by atoms with E-state index in [1.807, 2.05) is 30.3 Å². The first-order valence-corrected chi connectivity index (χ1v) is 13.1. The van der Waals surface area contributed by atoms with Crippen LogP contribution in [-0.2, 0) is 39.0 Å². The summed E-state index contributed by atoms with van der Waals surface area (Å²) >= 11 is 0. The molecule has 3 aliphatic rings. The summed E-state index contributed by atoms with van der Waals surface area (Å²) < 4.78 is 29.5. The number of benzene rings is 2. The van der Waals surface area contributed by atoms with Gasteiger partial charge in [0.2, 0.25) is 10.0 Å². The Kier molecular flexibility index (Phi) is 5.46. The molecule has 2 fully saturated rings. The molecular weight excluding hydrogens is 424 g/mol. The number of fused-ring (bicyclic) bond motifs is 3. The predicted molar refractivity (Wildman–Crippen MR) is 123 cm³/mol. The number of hydrogen-bond donors (Lipinski definition) is 2. The lowest BCUT2D eigenvalue weighted by Crippen LogP contribution is -2.56. The highest BCUT2D eigenvalue weighted by Crippen LogP contribution is 2.54. The van der Waals surface area contributed by atoms with E-state index in [0.29, 0.717) is 36.8 Å². The fourth-order valence-corrected chi connectivity index (χ4v) is 7.35. The van der Waals surface area contributed by atoms with Crippen LogP contribution in [0.1, 0.15) is 35.1 Å². The Bertz CT molecular complexity index is 1080. The van der Waals surface area contributed by atoms with Gasteiger partial charge in [-0.05, 0) is 35.1 Å². The molecular formula is C25H32N2O4S. The van der Waals surface area contributed by atoms with Gasteiger partial charge < -0.3 is 9.84 Å². The van der Waals surface area contributed by atoms with Crippen LogP contribution in [-0.4, -0.2) is 50.8 Å². The van der Waals surface area contributed by atoms with E-state index >= 15 is 0 Å². The minimum Gasteiger partial charge on any atom is -0.388 e. The third kappa shape index (κ3) is 3.90. The van der Waals surface area contributed by atoms with Gasteiger partial charge in [0.1, 0.15) is 5.60 Å². The van der Waals surface area contributed by atoms with Crippen LogP contribution < -0.4 is 5.14 Å². The number of hydrogen-bond acceptors (Lipinski definition) is 5. The Balaban J connectivity index is 1.36. The molecule has 0 amide bonds. The van der Waals surface area contributed by atoms with Crippen molar-refractivity contribution in [2.75, 3.05) is 26.7 Å². The van der Waals surface area contributed by atoms with E-state index < -0.39 is 21.2 Å². The number of ether oxygens (including phenoxy) is 1. The quantitative estimate of drug-likeness (QED) is 0.695. The van der Waals surface area contributed by atoms with Crippen molar-refractivity contribution in [2.24, 2.45) is 17.0 Å². The number of aliphatic hydroxyl groups is 1. The van der Waals surface area contributed by atoms with Gasteiger partial charge in [-0.2, -0.15) is 0 Å². The molecule has 5 rings (SSSR count). The molecule has 2 unspecified atom stereocenters. The van der Waals surface area contributed by atoms with Crippen molar-refractivity contribution in [3.05, 3.63) is 70.8 Å². The van der Waals surface area contributed by atoms with Crippen molar-refractivity contribution in [1.29, 1.82) is 0 Å². The molecule has 0 radical (unpaired) electrons. The standard InChI is InChI=1S/C25H32N2O4S/c1-31-25(21-8-4-5-18(11-21)16-32(26,29)30)22-9-10-23(25)15-27(14-22)17-24(28)12-19-6-2-3-7-20(19)13-24/h2-8,11,22-23,28H,9-10,12-17H2,1H3,(H2,26,29,30). The molecule has 32 heavy (non-hydrogen) atoms. The Morgan fingerprint density at radius 2 is 1.69 bits per heavy atom. The third-order valence-electron chi connectivity index (χ3n) is 7.79. The Labute approximate surface area is 190 Å². The van der Waals surface area contributed by atoms with Crippen LogP contribution in [0, 0.1) is 11.8 Å². The second kappa shape index (κ2) is 7.92. The maximum absolute atomic E-state index is 11.6. The van der Waals surface area contributed by atoms with E-state index in [4.69, 9.17) is 9.88 Å². The number of β-amino-alcohol motifs (C(OH)–C–C–N with tert-alkyl or cyclic N) is 1. The van der Waals surface area contributed by atoms with E-state index in [-0.39, 0.29) is 5.75 Å². The Morgan fingerprint density at radius 3 is 2.25 bits per heavy atom. The number of rotatable bonds is 6. The highest BCUT2D eigenvalue weighted by atomic mass is 32.2. The third-order valence-corrected chi connectivity index (χ3v) is 8.53. The minimum absolute atomic E-state index is 0.171. The first-order chi connectivity index (χ1) is 15.2. The Morgan fingerprint density at radius 1 is 1.06 bits per heavy atom. The number of piperidine rings is 1. The zero-order chi connectivity index (χ0) is 22.6. The molecule has 1 saturated heterocycles. The minimum atomic E-state index is -3.59. The van der Waals surface area contributed by atoms with E-state index in [2.05, 4.69) is 23.1 Å². The summed E-state index contributed by atoms with van der Waals surface area (Å²) in [7, 11) is -1.82. The maximum Gasteiger partial charge on any atom is 0.213 e. The number of nitrogens with two attached hydrogens (primary N) is 1. The maximum atomic E-state index is 11.6. The second-order valence-corrected chi connectivity index (χ2v) is 11.6. The molecule has 2 aromatic carbocycles. The highest BCUT2D eigenvalue weighted by Gasteiger charge is 2.56. The topological polar surface area (TPSA) is 92.9 Å². The smallest absolute Gasteiger partial charge is 0.213 e. The summed E-state index contributed by atoms with van der Waals surface area (Å²) in [4.78, 5) is 2.42. The first-order valence-electron chi connectivity index (χ1n) is 11.4. The average Bonchev–Trinajstić information content (AvgIpc) is 3.15. The van der Waals surface area contributed by atoms with E-state index in [0.717, 1.165) is 31.5 Å². The van der Waals surface area contributed by atoms with Crippen LogP contribution in [0.4, 0.5) is 0 Å². The number of primary sulfonamides is 1. The summed E-state index contributed by atoms with van der Waals surface area (Å²) in [6.07, 6.45) is 3.54. The van der Waals surface area contributed by atoms with Gasteiger partial charge in [0.25, 0.3) is 0 Å². The van der Waals surface area contributed by atoms with Crippen molar-refractivity contribution in [3.63, 3.8) is 0 Å². The lowest BCUT2D eigenvalue weighted by atomic mass is 9.74. The number of methoxy groups -OCH3 is 1. The van der Waals surface area contributed by atoms with Crippen molar-refractivity contribution in [2.45, 2.75) is 42.6 Å². The molecule has 1 aliphatic heterocycles. The summed E-state index contributed by atoms with van der Waals surface area (Å²) in [6.45, 7) is 2.39. The molecule has 2 bridgehead atoms. The van der Waals surface area contributed by atoms with Gasteiger partial charge in [-0.1, -0.05) is 48.5 Å². The van der Waals surface area contributed by atoms with Crippen molar-refractivity contribution >= 4 is 10.0 Å². The Hall–Kier alpha value is -1.77. The summed E-state index contributed by atoms with van der Waals surface area (Å²) in [5, 5.41) is 16.6. The average molecular weight is 457 g/mol. The van der Waals surface area contributed by atoms with Crippen LogP contribution in [0.15, 0.2) is 48.5 Å². The molecule has 2 atom stereocenters. The first kappa shape index (κ1) is 22.0. The van der Waals surface area contributed by atoms with Gasteiger partial charge in [0.05, 0.1) is 11.4 Å². The molecule has 2 aliphatic carbocycles. The molecule has 0 spiro atoms. The summed E-state index contributed by atoms with van der Waals surface area (Å²) in [5.74, 6) is 0.419. The zero-order valence-electron chi connectivity index (χ0n) is 18.5. The lowest BCUT2D eigenvalue weighted by Gasteiger charge is -2.48. The second-order valence-electron chi connectivity index (χ2n) is 10.0. The SMILES string of the molecule is COC1(c2cccc(CS(N)(=O)=O)c2)C2CCC1CN(CC1(O)Cc3ccccc3C1)C2. The van der Waals surface area contributed by atoms with Crippen molar-refractivity contribution in [3.8, 4) is 0 Å². The molecule has 3 N–H and O–H groups in total. The molecule has 1 heterocycles. The van der Waals surface area contributed by atoms with Crippen LogP contribution >= 0.6 is 0 Å². The largest absolute Gasteiger partial charge is 0.388 e. The molecule has 6 nitrogen and oxygen atoms in total. The predicted octanol–water partition coefficient (Wildman–Crippen LogP) is 2.19. The van der Waals surface area contributed by atoms with Gasteiger partial charge >= 0.3 is 0 Å². The summed E-state index contributed by atoms with van der Waals surface area (Å²) in [6, 6.07) is 16.1. The highest BCUT2D eigenvalue weighted by molar-refractivity contribution is 7.88. The number of sulfonamides is 1. The van der Waals surface area contributed by atoms with Crippen LogP contribution in [0.25, 0.3) is 0 Å². The van der Waals surface area contributed by atoms with Gasteiger partial charge in [-0.15, -0.1) is 0 Å². The molecule has 1 saturated carbocycles. The van der Waals surface area contributed by atoms with Crippen LogP contribution in [0.5, 0.6) is 0 Å². The van der Waals surface area contributed by atoms with E-state index in [9.17, 15) is 13.5 Å². The molecule has 2 aromatic rings. The number of nitrogens with zero attached hydrogens (tertiary/aromatic N) is 1. The van der Waals surface area contributed by atoms with Crippen LogP contribution in [0.3, 0.4) is 0 Å². The lowest BCUT2D eigenvalue weighted by molar-refractivity contribution is -0.128. The molecule has 172 valence electrons. The normalized spacial score (nSPS) is 29.2. The van der Waals surface area contributed by atoms with Gasteiger partial charge in [-0.3, -0.25) is 4.90 Å². The monoisotopic (exact) mass is 456 g/mol. The number of likely N-dealkylation sites (tertiary alicyclic amines) is 1. The van der Waals surface area contributed by atoms with Crippen molar-refractivity contribution in [1.82, 2.24) is 4.90 Å². The van der Waals surface area contributed by atoms with E-state index in [1.165, 1.54) is 11.1 Å². The van der Waals surface area contributed by atoms with Crippen molar-refractivity contribution < 1.29 is 18.3 Å².